The lowest BCUT2D eigenvalue weighted by Crippen LogP contribution is -2.27. The largest absolute Gasteiger partial charge is 0.378 e. The number of rotatable bonds is 12. The Kier molecular flexibility index (Phi) is 8.77. The van der Waals surface area contributed by atoms with Gasteiger partial charge in [-0.3, -0.25) is 4.79 Å². The molecule has 0 saturated heterocycles. The number of carbonyl (C=O) groups excluding carboxylic acids is 1. The first-order valence-corrected chi connectivity index (χ1v) is 11.7. The van der Waals surface area contributed by atoms with Crippen LogP contribution in [0.4, 0.5) is 29.2 Å². The molecule has 0 saturated carbocycles. The first kappa shape index (κ1) is 24.6. The highest BCUT2D eigenvalue weighted by Crippen LogP contribution is 2.19. The van der Waals surface area contributed by atoms with Crippen molar-refractivity contribution in [2.24, 2.45) is 0 Å². The maximum Gasteiger partial charge on any atom is 0.251 e. The van der Waals surface area contributed by atoms with Crippen LogP contribution in [-0.4, -0.2) is 47.2 Å². The van der Waals surface area contributed by atoms with Gasteiger partial charge in [0.25, 0.3) is 5.91 Å². The second-order valence-corrected chi connectivity index (χ2v) is 7.95. The van der Waals surface area contributed by atoms with E-state index in [4.69, 9.17) is 4.74 Å². The van der Waals surface area contributed by atoms with Crippen LogP contribution < -0.4 is 21.3 Å². The highest BCUT2D eigenvalue weighted by molar-refractivity contribution is 5.94. The number of anilines is 5. The Labute approximate surface area is 210 Å². The molecular weight excluding hydrogens is 454 g/mol. The molecule has 0 bridgehead atoms. The average molecular weight is 484 g/mol. The number of hydrogen-bond donors (Lipinski definition) is 4. The Morgan fingerprint density at radius 3 is 1.92 bits per heavy atom. The number of ether oxygens (including phenoxy) is 1. The van der Waals surface area contributed by atoms with Gasteiger partial charge in [0.05, 0.1) is 13.2 Å². The molecule has 3 aromatic carbocycles. The summed E-state index contributed by atoms with van der Waals surface area (Å²) in [5.41, 5.74) is 3.55. The molecule has 0 spiro atoms. The molecule has 9 nitrogen and oxygen atoms in total. The molecule has 1 aromatic heterocycles. The average Bonchev–Trinajstić information content (AvgIpc) is 2.90. The number of hydrogen-bond acceptors (Lipinski definition) is 8. The molecule has 9 heteroatoms. The molecule has 0 radical (unpaired) electrons. The zero-order valence-corrected chi connectivity index (χ0v) is 20.1. The molecule has 0 aliphatic rings. The number of nitrogens with zero attached hydrogens (tertiary/aromatic N) is 3. The molecule has 4 rings (SSSR count). The normalized spacial score (nSPS) is 10.5. The molecule has 0 aliphatic carbocycles. The van der Waals surface area contributed by atoms with E-state index < -0.39 is 0 Å². The summed E-state index contributed by atoms with van der Waals surface area (Å²) in [6.45, 7) is 3.78. The zero-order chi connectivity index (χ0) is 25.0. The molecule has 0 fully saturated rings. The minimum absolute atomic E-state index is 0.116. The van der Waals surface area contributed by atoms with Gasteiger partial charge in [-0.2, -0.15) is 15.0 Å². The van der Waals surface area contributed by atoms with Crippen LogP contribution in [0.3, 0.4) is 0 Å². The minimum Gasteiger partial charge on any atom is -0.378 e. The van der Waals surface area contributed by atoms with E-state index in [1.165, 1.54) is 5.56 Å². The van der Waals surface area contributed by atoms with Crippen LogP contribution in [0.2, 0.25) is 0 Å². The van der Waals surface area contributed by atoms with Gasteiger partial charge in [0.15, 0.2) is 0 Å². The Hall–Kier alpha value is -4.50. The van der Waals surface area contributed by atoms with Crippen LogP contribution in [0.5, 0.6) is 0 Å². The van der Waals surface area contributed by atoms with Crippen LogP contribution in [0.25, 0.3) is 0 Å². The van der Waals surface area contributed by atoms with Gasteiger partial charge in [0, 0.05) is 30.0 Å². The summed E-state index contributed by atoms with van der Waals surface area (Å²) in [6.07, 6.45) is 0. The molecule has 0 unspecified atom stereocenters. The van der Waals surface area contributed by atoms with Gasteiger partial charge in [-0.05, 0) is 43.3 Å². The van der Waals surface area contributed by atoms with Crippen molar-refractivity contribution >= 4 is 35.1 Å². The van der Waals surface area contributed by atoms with Gasteiger partial charge < -0.3 is 26.0 Å². The number of aryl methyl sites for hydroxylation is 1. The van der Waals surface area contributed by atoms with Gasteiger partial charge in [-0.15, -0.1) is 0 Å². The molecule has 4 aromatic rings. The van der Waals surface area contributed by atoms with Crippen molar-refractivity contribution < 1.29 is 9.53 Å². The standard InChI is InChI=1S/C27H29N7O2/c1-20-12-14-23(15-13-20)31-27-33-25(32-26(34-27)30-22-10-6-3-7-11-22)29-17-19-36-18-16-28-24(35)21-8-4-2-5-9-21/h2-15H,16-19H2,1H3,(H,28,35)(H3,29,30,31,32,33,34). The van der Waals surface area contributed by atoms with Crippen molar-refractivity contribution in [1.82, 2.24) is 20.3 Å². The summed E-state index contributed by atoms with van der Waals surface area (Å²) in [4.78, 5) is 25.5. The Morgan fingerprint density at radius 2 is 1.25 bits per heavy atom. The van der Waals surface area contributed by atoms with Crippen molar-refractivity contribution in [2.75, 3.05) is 42.3 Å². The number of nitrogens with one attached hydrogen (secondary N) is 4. The molecule has 1 heterocycles. The van der Waals surface area contributed by atoms with Crippen molar-refractivity contribution in [3.63, 3.8) is 0 Å². The summed E-state index contributed by atoms with van der Waals surface area (Å²) >= 11 is 0. The van der Waals surface area contributed by atoms with Crippen molar-refractivity contribution in [3.05, 3.63) is 96.1 Å². The second kappa shape index (κ2) is 12.8. The second-order valence-electron chi connectivity index (χ2n) is 7.95. The van der Waals surface area contributed by atoms with E-state index in [2.05, 4.69) is 36.2 Å². The predicted octanol–water partition coefficient (Wildman–Crippen LogP) is 4.53. The van der Waals surface area contributed by atoms with E-state index in [-0.39, 0.29) is 5.91 Å². The summed E-state index contributed by atoms with van der Waals surface area (Å²) in [5.74, 6) is 1.13. The fourth-order valence-corrected chi connectivity index (χ4v) is 3.25. The van der Waals surface area contributed by atoms with Crippen LogP contribution in [0.1, 0.15) is 15.9 Å². The van der Waals surface area contributed by atoms with Crippen LogP contribution in [0, 0.1) is 6.92 Å². The molecule has 184 valence electrons. The SMILES string of the molecule is Cc1ccc(Nc2nc(NCCOCCNC(=O)c3ccccc3)nc(Nc3ccccc3)n2)cc1. The molecule has 0 aliphatic heterocycles. The van der Waals surface area contributed by atoms with Gasteiger partial charge in [0.1, 0.15) is 0 Å². The monoisotopic (exact) mass is 483 g/mol. The molecule has 36 heavy (non-hydrogen) atoms. The number of aromatic nitrogens is 3. The molecule has 4 N–H and O–H groups in total. The summed E-state index contributed by atoms with van der Waals surface area (Å²) in [5, 5.41) is 12.5. The van der Waals surface area contributed by atoms with E-state index >= 15 is 0 Å². The maximum atomic E-state index is 12.0. The first-order chi connectivity index (χ1) is 17.7. The van der Waals surface area contributed by atoms with Crippen LogP contribution in [0.15, 0.2) is 84.9 Å². The third kappa shape index (κ3) is 7.78. The smallest absolute Gasteiger partial charge is 0.251 e. The maximum absolute atomic E-state index is 12.0. The van der Waals surface area contributed by atoms with Gasteiger partial charge in [0.2, 0.25) is 17.8 Å². The van der Waals surface area contributed by atoms with Crippen molar-refractivity contribution in [1.29, 1.82) is 0 Å². The van der Waals surface area contributed by atoms with Crippen LogP contribution in [-0.2, 0) is 4.74 Å². The first-order valence-electron chi connectivity index (χ1n) is 11.7. The molecule has 0 atom stereocenters. The lowest BCUT2D eigenvalue weighted by Gasteiger charge is -2.12. The number of benzene rings is 3. The molecule has 1 amide bonds. The lowest BCUT2D eigenvalue weighted by atomic mass is 10.2. The van der Waals surface area contributed by atoms with E-state index in [1.807, 2.05) is 79.7 Å². The van der Waals surface area contributed by atoms with Crippen molar-refractivity contribution in [2.45, 2.75) is 6.92 Å². The fraction of sp³-hybridized carbons (Fsp3) is 0.185. The van der Waals surface area contributed by atoms with Gasteiger partial charge in [-0.25, -0.2) is 0 Å². The molecular formula is C27H29N7O2. The zero-order valence-electron chi connectivity index (χ0n) is 20.1. The minimum atomic E-state index is -0.116. The summed E-state index contributed by atoms with van der Waals surface area (Å²) < 4.78 is 5.62. The van der Waals surface area contributed by atoms with Crippen LogP contribution >= 0.6 is 0 Å². The fourth-order valence-electron chi connectivity index (χ4n) is 3.25. The summed E-state index contributed by atoms with van der Waals surface area (Å²) in [6, 6.07) is 26.8. The van der Waals surface area contributed by atoms with E-state index in [0.29, 0.717) is 49.7 Å². The summed E-state index contributed by atoms with van der Waals surface area (Å²) in [7, 11) is 0. The highest BCUT2D eigenvalue weighted by Gasteiger charge is 2.08. The Bertz CT molecular complexity index is 1240. The topological polar surface area (TPSA) is 113 Å². The number of carbonyl (C=O) groups is 1. The van der Waals surface area contributed by atoms with Crippen molar-refractivity contribution in [3.8, 4) is 0 Å². The Balaban J connectivity index is 1.29. The third-order valence-electron chi connectivity index (χ3n) is 5.07. The third-order valence-corrected chi connectivity index (χ3v) is 5.07. The predicted molar refractivity (Wildman–Crippen MR) is 142 cm³/mol. The van der Waals surface area contributed by atoms with E-state index in [1.54, 1.807) is 12.1 Å². The number of amides is 1. The van der Waals surface area contributed by atoms with E-state index in [9.17, 15) is 4.79 Å². The quantitative estimate of drug-likeness (QED) is 0.218. The number of para-hydroxylation sites is 1. The van der Waals surface area contributed by atoms with E-state index in [0.717, 1.165) is 11.4 Å². The highest BCUT2D eigenvalue weighted by atomic mass is 16.5. The Morgan fingerprint density at radius 1 is 0.694 bits per heavy atom. The van der Waals surface area contributed by atoms with Gasteiger partial charge >= 0.3 is 0 Å². The van der Waals surface area contributed by atoms with Gasteiger partial charge in [-0.1, -0.05) is 54.1 Å². The lowest BCUT2D eigenvalue weighted by molar-refractivity contribution is 0.0921.